The molecular formula is C24H29ClN2O4. The molecule has 0 bridgehead atoms. The zero-order valence-electron chi connectivity index (χ0n) is 18.1. The second-order valence-corrected chi connectivity index (χ2v) is 9.16. The maximum Gasteiger partial charge on any atom is 0.263 e. The quantitative estimate of drug-likeness (QED) is 0.784. The van der Waals surface area contributed by atoms with Crippen LogP contribution in [0.3, 0.4) is 0 Å². The van der Waals surface area contributed by atoms with Gasteiger partial charge in [-0.05, 0) is 68.9 Å². The number of carbonyl (C=O) groups excluding carboxylic acids is 1. The van der Waals surface area contributed by atoms with Gasteiger partial charge in [-0.1, -0.05) is 23.7 Å². The lowest BCUT2D eigenvalue weighted by Gasteiger charge is -2.38. The molecule has 31 heavy (non-hydrogen) atoms. The highest BCUT2D eigenvalue weighted by molar-refractivity contribution is 6.30. The van der Waals surface area contributed by atoms with E-state index in [4.69, 9.17) is 16.3 Å². The lowest BCUT2D eigenvalue weighted by Crippen LogP contribution is -2.47. The minimum atomic E-state index is -0.996. The fourth-order valence-corrected chi connectivity index (χ4v) is 4.82. The number of aromatic nitrogens is 1. The summed E-state index contributed by atoms with van der Waals surface area (Å²) in [5, 5.41) is 11.7. The number of ether oxygens (including phenoxy) is 1. The number of nitrogens with zero attached hydrogens (tertiary/aromatic N) is 2. The van der Waals surface area contributed by atoms with Gasteiger partial charge in [0.15, 0.2) is 0 Å². The Hall–Kier alpha value is -2.15. The maximum absolute atomic E-state index is 13.3. The van der Waals surface area contributed by atoms with Crippen molar-refractivity contribution in [2.45, 2.75) is 57.8 Å². The van der Waals surface area contributed by atoms with Gasteiger partial charge >= 0.3 is 0 Å². The molecule has 2 fully saturated rings. The Morgan fingerprint density at radius 2 is 1.90 bits per heavy atom. The number of piperidine rings is 1. The number of carbonyl (C=O) groups is 1. The van der Waals surface area contributed by atoms with E-state index < -0.39 is 5.60 Å². The van der Waals surface area contributed by atoms with Crippen LogP contribution in [-0.4, -0.2) is 46.3 Å². The molecule has 2 aliphatic heterocycles. The number of benzene rings is 1. The molecule has 1 aromatic carbocycles. The van der Waals surface area contributed by atoms with Gasteiger partial charge < -0.3 is 19.3 Å². The van der Waals surface area contributed by atoms with Crippen LogP contribution in [0.2, 0.25) is 5.02 Å². The lowest BCUT2D eigenvalue weighted by atomic mass is 9.84. The molecule has 0 saturated carbocycles. The highest BCUT2D eigenvalue weighted by Gasteiger charge is 2.36. The SMILES string of the molecule is Cc1cc(C)n(CC2CCCO2)c(=O)c1C(=O)N1CCC(O)(c2ccc(Cl)cc2)CC1. The smallest absolute Gasteiger partial charge is 0.263 e. The summed E-state index contributed by atoms with van der Waals surface area (Å²) in [6, 6.07) is 9.08. The number of hydrogen-bond donors (Lipinski definition) is 1. The molecule has 166 valence electrons. The van der Waals surface area contributed by atoms with Gasteiger partial charge in [-0.3, -0.25) is 9.59 Å². The summed E-state index contributed by atoms with van der Waals surface area (Å²) in [4.78, 5) is 28.3. The van der Waals surface area contributed by atoms with Gasteiger partial charge in [0.25, 0.3) is 11.5 Å². The van der Waals surface area contributed by atoms with Crippen LogP contribution in [0.1, 0.15) is 52.9 Å². The molecule has 3 heterocycles. The number of hydrogen-bond acceptors (Lipinski definition) is 4. The molecule has 4 rings (SSSR count). The third-order valence-corrected chi connectivity index (χ3v) is 6.84. The predicted octanol–water partition coefficient (Wildman–Crippen LogP) is 3.42. The summed E-state index contributed by atoms with van der Waals surface area (Å²) in [6.07, 6.45) is 2.77. The number of likely N-dealkylation sites (tertiary alicyclic amines) is 1. The van der Waals surface area contributed by atoms with E-state index in [0.717, 1.165) is 30.7 Å². The molecule has 1 amide bonds. The average Bonchev–Trinajstić information content (AvgIpc) is 3.25. The average molecular weight is 445 g/mol. The maximum atomic E-state index is 13.3. The third-order valence-electron chi connectivity index (χ3n) is 6.59. The van der Waals surface area contributed by atoms with Gasteiger partial charge in [-0.2, -0.15) is 0 Å². The Balaban J connectivity index is 1.53. The van der Waals surface area contributed by atoms with Crippen LogP contribution in [0, 0.1) is 13.8 Å². The van der Waals surface area contributed by atoms with Crippen LogP contribution in [0.25, 0.3) is 0 Å². The first-order valence-corrected chi connectivity index (χ1v) is 11.3. The van der Waals surface area contributed by atoms with E-state index in [1.807, 2.05) is 32.0 Å². The second-order valence-electron chi connectivity index (χ2n) is 8.73. The molecule has 2 saturated heterocycles. The number of aliphatic hydroxyl groups is 1. The summed E-state index contributed by atoms with van der Waals surface area (Å²) in [5.74, 6) is -0.262. The summed E-state index contributed by atoms with van der Waals surface area (Å²) in [5.41, 5.74) is 1.30. The zero-order valence-corrected chi connectivity index (χ0v) is 18.8. The van der Waals surface area contributed by atoms with Crippen molar-refractivity contribution in [2.24, 2.45) is 0 Å². The molecular weight excluding hydrogens is 416 g/mol. The monoisotopic (exact) mass is 444 g/mol. The lowest BCUT2D eigenvalue weighted by molar-refractivity contribution is -0.0212. The molecule has 7 heteroatoms. The van der Waals surface area contributed by atoms with Gasteiger partial charge in [0.2, 0.25) is 0 Å². The minimum absolute atomic E-state index is 0.0198. The van der Waals surface area contributed by atoms with Crippen LogP contribution < -0.4 is 5.56 Å². The molecule has 1 atom stereocenters. The Bertz CT molecular complexity index is 1020. The number of pyridine rings is 1. The molecule has 0 spiro atoms. The molecule has 6 nitrogen and oxygen atoms in total. The first-order chi connectivity index (χ1) is 14.8. The molecule has 1 unspecified atom stereocenters. The van der Waals surface area contributed by atoms with Crippen molar-refractivity contribution in [1.29, 1.82) is 0 Å². The molecule has 1 N–H and O–H groups in total. The van der Waals surface area contributed by atoms with E-state index in [1.54, 1.807) is 21.6 Å². The molecule has 2 aliphatic rings. The largest absolute Gasteiger partial charge is 0.385 e. The van der Waals surface area contributed by atoms with Crippen LogP contribution in [0.5, 0.6) is 0 Å². The van der Waals surface area contributed by atoms with Crippen molar-refractivity contribution in [3.05, 3.63) is 68.1 Å². The topological polar surface area (TPSA) is 71.8 Å². The highest BCUT2D eigenvalue weighted by Crippen LogP contribution is 2.33. The number of halogens is 1. The van der Waals surface area contributed by atoms with Gasteiger partial charge in [0.05, 0.1) is 18.2 Å². The fraction of sp³-hybridized carbons (Fsp3) is 0.500. The van der Waals surface area contributed by atoms with E-state index in [-0.39, 0.29) is 23.1 Å². The van der Waals surface area contributed by atoms with Crippen molar-refractivity contribution in [2.75, 3.05) is 19.7 Å². The van der Waals surface area contributed by atoms with Gasteiger partial charge in [0.1, 0.15) is 5.56 Å². The molecule has 0 aliphatic carbocycles. The Morgan fingerprint density at radius 3 is 2.52 bits per heavy atom. The van der Waals surface area contributed by atoms with Crippen molar-refractivity contribution < 1.29 is 14.6 Å². The van der Waals surface area contributed by atoms with Crippen molar-refractivity contribution in [3.63, 3.8) is 0 Å². The first-order valence-electron chi connectivity index (χ1n) is 10.9. The van der Waals surface area contributed by atoms with Crippen LogP contribution in [-0.2, 0) is 16.9 Å². The molecule has 0 radical (unpaired) electrons. The van der Waals surface area contributed by atoms with Crippen molar-refractivity contribution in [1.82, 2.24) is 9.47 Å². The Morgan fingerprint density at radius 1 is 1.23 bits per heavy atom. The zero-order chi connectivity index (χ0) is 22.2. The number of aryl methyl sites for hydroxylation is 2. The summed E-state index contributed by atoms with van der Waals surface area (Å²) in [7, 11) is 0. The molecule has 2 aromatic rings. The van der Waals surface area contributed by atoms with E-state index in [1.165, 1.54) is 0 Å². The van der Waals surface area contributed by atoms with Crippen LogP contribution in [0.4, 0.5) is 0 Å². The second kappa shape index (κ2) is 8.77. The van der Waals surface area contributed by atoms with Crippen LogP contribution in [0.15, 0.2) is 35.1 Å². The van der Waals surface area contributed by atoms with Crippen LogP contribution >= 0.6 is 11.6 Å². The minimum Gasteiger partial charge on any atom is -0.385 e. The third kappa shape index (κ3) is 4.43. The van der Waals surface area contributed by atoms with Gasteiger partial charge in [-0.25, -0.2) is 0 Å². The van der Waals surface area contributed by atoms with Crippen molar-refractivity contribution in [3.8, 4) is 0 Å². The summed E-state index contributed by atoms with van der Waals surface area (Å²) < 4.78 is 7.37. The molecule has 1 aromatic heterocycles. The van der Waals surface area contributed by atoms with Gasteiger partial charge in [0, 0.05) is 30.4 Å². The fourth-order valence-electron chi connectivity index (χ4n) is 4.69. The van der Waals surface area contributed by atoms with E-state index in [2.05, 4.69) is 0 Å². The summed E-state index contributed by atoms with van der Waals surface area (Å²) >= 11 is 5.96. The van der Waals surface area contributed by atoms with Crippen molar-refractivity contribution >= 4 is 17.5 Å². The van der Waals surface area contributed by atoms with Gasteiger partial charge in [-0.15, -0.1) is 0 Å². The Kier molecular flexibility index (Phi) is 6.24. The normalized spacial score (nSPS) is 20.8. The summed E-state index contributed by atoms with van der Waals surface area (Å²) in [6.45, 7) is 5.67. The van der Waals surface area contributed by atoms with E-state index in [9.17, 15) is 14.7 Å². The van der Waals surface area contributed by atoms with E-state index in [0.29, 0.717) is 43.1 Å². The highest BCUT2D eigenvalue weighted by atomic mass is 35.5. The van der Waals surface area contributed by atoms with E-state index >= 15 is 0 Å². The Labute approximate surface area is 187 Å². The predicted molar refractivity (Wildman–Crippen MR) is 120 cm³/mol. The number of amides is 1. The first kappa shape index (κ1) is 22.1. The number of rotatable bonds is 4. The standard InChI is InChI=1S/C24H29ClN2O4/c1-16-14-17(2)27(15-20-4-3-13-31-20)23(29)21(16)22(28)26-11-9-24(30,10-12-26)18-5-7-19(25)8-6-18/h5-8,14,20,30H,3-4,9-13,15H2,1-2H3.